The molecule has 3 rings (SSSR count). The van der Waals surface area contributed by atoms with Gasteiger partial charge >= 0.3 is 0 Å². The Labute approximate surface area is 139 Å². The molecule has 1 amide bonds. The van der Waals surface area contributed by atoms with Crippen LogP contribution in [0.1, 0.15) is 10.4 Å². The highest BCUT2D eigenvalue weighted by molar-refractivity contribution is 9.10. The SMILES string of the molecule is O=C(Nc1nc(-c2ccccc2)cs1)c1cc(Br)ccc1F. The number of nitrogens with zero attached hydrogens (tertiary/aromatic N) is 1. The van der Waals surface area contributed by atoms with E-state index in [-0.39, 0.29) is 5.56 Å². The molecule has 0 spiro atoms. The third-order valence-electron chi connectivity index (χ3n) is 2.97. The van der Waals surface area contributed by atoms with Gasteiger partial charge in [-0.15, -0.1) is 11.3 Å². The molecule has 0 aliphatic rings. The summed E-state index contributed by atoms with van der Waals surface area (Å²) < 4.78 is 14.3. The van der Waals surface area contributed by atoms with E-state index in [0.717, 1.165) is 11.3 Å². The second kappa shape index (κ2) is 6.37. The van der Waals surface area contributed by atoms with Gasteiger partial charge in [-0.25, -0.2) is 9.37 Å². The van der Waals surface area contributed by atoms with Crippen LogP contribution in [0.15, 0.2) is 58.4 Å². The van der Waals surface area contributed by atoms with Gasteiger partial charge in [0.15, 0.2) is 5.13 Å². The first kappa shape index (κ1) is 14.9. The van der Waals surface area contributed by atoms with Crippen LogP contribution in [0.3, 0.4) is 0 Å². The predicted molar refractivity (Wildman–Crippen MR) is 89.6 cm³/mol. The quantitative estimate of drug-likeness (QED) is 0.701. The summed E-state index contributed by atoms with van der Waals surface area (Å²) in [6, 6.07) is 13.9. The van der Waals surface area contributed by atoms with E-state index in [4.69, 9.17) is 0 Å². The number of anilines is 1. The number of benzene rings is 2. The summed E-state index contributed by atoms with van der Waals surface area (Å²) in [6.07, 6.45) is 0. The van der Waals surface area contributed by atoms with Gasteiger partial charge in [-0.3, -0.25) is 10.1 Å². The third kappa shape index (κ3) is 3.23. The van der Waals surface area contributed by atoms with Crippen LogP contribution in [0, 0.1) is 5.82 Å². The Kier molecular flexibility index (Phi) is 4.31. The second-order valence-electron chi connectivity index (χ2n) is 4.48. The van der Waals surface area contributed by atoms with Crippen LogP contribution in [-0.4, -0.2) is 10.9 Å². The van der Waals surface area contributed by atoms with Crippen molar-refractivity contribution < 1.29 is 9.18 Å². The van der Waals surface area contributed by atoms with E-state index in [1.807, 2.05) is 35.7 Å². The Balaban J connectivity index is 1.81. The van der Waals surface area contributed by atoms with Gasteiger partial charge in [0.25, 0.3) is 5.91 Å². The molecule has 3 aromatic rings. The maximum Gasteiger partial charge on any atom is 0.260 e. The highest BCUT2D eigenvalue weighted by Crippen LogP contribution is 2.25. The summed E-state index contributed by atoms with van der Waals surface area (Å²) >= 11 is 4.53. The number of hydrogen-bond acceptors (Lipinski definition) is 3. The largest absolute Gasteiger partial charge is 0.298 e. The maximum absolute atomic E-state index is 13.7. The molecule has 110 valence electrons. The molecule has 3 nitrogen and oxygen atoms in total. The molecule has 0 radical (unpaired) electrons. The van der Waals surface area contributed by atoms with Gasteiger partial charge in [-0.1, -0.05) is 46.3 Å². The Morgan fingerprint density at radius 3 is 2.73 bits per heavy atom. The molecule has 0 atom stereocenters. The number of hydrogen-bond donors (Lipinski definition) is 1. The van der Waals surface area contributed by atoms with Crippen molar-refractivity contribution in [1.29, 1.82) is 0 Å². The van der Waals surface area contributed by atoms with Crippen LogP contribution in [-0.2, 0) is 0 Å². The first-order valence-electron chi connectivity index (χ1n) is 6.41. The van der Waals surface area contributed by atoms with Crippen LogP contribution in [0.4, 0.5) is 9.52 Å². The zero-order valence-electron chi connectivity index (χ0n) is 11.2. The minimum atomic E-state index is -0.569. The van der Waals surface area contributed by atoms with Crippen molar-refractivity contribution in [2.24, 2.45) is 0 Å². The lowest BCUT2D eigenvalue weighted by atomic mass is 10.2. The van der Waals surface area contributed by atoms with Crippen molar-refractivity contribution in [1.82, 2.24) is 4.98 Å². The fraction of sp³-hybridized carbons (Fsp3) is 0. The second-order valence-corrected chi connectivity index (χ2v) is 6.26. The van der Waals surface area contributed by atoms with Gasteiger partial charge in [0.05, 0.1) is 11.3 Å². The number of thiazole rings is 1. The molecule has 0 fully saturated rings. The molecular formula is C16H10BrFN2OS. The number of aromatic nitrogens is 1. The Morgan fingerprint density at radius 1 is 1.18 bits per heavy atom. The van der Waals surface area contributed by atoms with Crippen LogP contribution >= 0.6 is 27.3 Å². The van der Waals surface area contributed by atoms with Gasteiger partial charge < -0.3 is 0 Å². The topological polar surface area (TPSA) is 42.0 Å². The van der Waals surface area contributed by atoms with Gasteiger partial charge in [-0.2, -0.15) is 0 Å². The number of nitrogens with one attached hydrogen (secondary N) is 1. The molecule has 0 unspecified atom stereocenters. The van der Waals surface area contributed by atoms with E-state index >= 15 is 0 Å². The number of amides is 1. The van der Waals surface area contributed by atoms with E-state index in [2.05, 4.69) is 26.2 Å². The first-order valence-corrected chi connectivity index (χ1v) is 8.08. The van der Waals surface area contributed by atoms with Crippen LogP contribution in [0.25, 0.3) is 11.3 Å². The van der Waals surface area contributed by atoms with E-state index < -0.39 is 11.7 Å². The predicted octanol–water partition coefficient (Wildman–Crippen LogP) is 4.96. The van der Waals surface area contributed by atoms with Crippen LogP contribution in [0.5, 0.6) is 0 Å². The molecule has 0 aliphatic heterocycles. The van der Waals surface area contributed by atoms with Gasteiger partial charge in [0.2, 0.25) is 0 Å². The minimum absolute atomic E-state index is 0.0224. The Hall–Kier alpha value is -2.05. The highest BCUT2D eigenvalue weighted by atomic mass is 79.9. The zero-order chi connectivity index (χ0) is 15.5. The summed E-state index contributed by atoms with van der Waals surface area (Å²) in [7, 11) is 0. The van der Waals surface area contributed by atoms with Crippen molar-refractivity contribution >= 4 is 38.3 Å². The molecular weight excluding hydrogens is 367 g/mol. The molecule has 1 aromatic heterocycles. The van der Waals surface area contributed by atoms with E-state index in [9.17, 15) is 9.18 Å². The number of rotatable bonds is 3. The Bertz CT molecular complexity index is 820. The third-order valence-corrected chi connectivity index (χ3v) is 4.22. The standard InChI is InChI=1S/C16H10BrFN2OS/c17-11-6-7-13(18)12(8-11)15(21)20-16-19-14(9-22-16)10-4-2-1-3-5-10/h1-9H,(H,19,20,21). The van der Waals surface area contributed by atoms with E-state index in [0.29, 0.717) is 9.60 Å². The summed E-state index contributed by atoms with van der Waals surface area (Å²) in [4.78, 5) is 16.5. The average molecular weight is 377 g/mol. The Morgan fingerprint density at radius 2 is 1.95 bits per heavy atom. The molecule has 6 heteroatoms. The minimum Gasteiger partial charge on any atom is -0.298 e. The average Bonchev–Trinajstić information content (AvgIpc) is 2.99. The summed E-state index contributed by atoms with van der Waals surface area (Å²) in [5.74, 6) is -1.09. The van der Waals surface area contributed by atoms with Gasteiger partial charge in [-0.05, 0) is 18.2 Å². The number of halogens is 2. The molecule has 0 saturated heterocycles. The molecule has 0 aliphatic carbocycles. The fourth-order valence-electron chi connectivity index (χ4n) is 1.91. The van der Waals surface area contributed by atoms with Crippen LogP contribution < -0.4 is 5.32 Å². The maximum atomic E-state index is 13.7. The monoisotopic (exact) mass is 376 g/mol. The normalized spacial score (nSPS) is 10.5. The summed E-state index contributed by atoms with van der Waals surface area (Å²) in [5, 5.41) is 4.91. The van der Waals surface area contributed by atoms with Gasteiger partial charge in [0.1, 0.15) is 5.82 Å². The molecule has 0 bridgehead atoms. The molecule has 22 heavy (non-hydrogen) atoms. The van der Waals surface area contributed by atoms with E-state index in [1.54, 1.807) is 6.07 Å². The molecule has 1 heterocycles. The van der Waals surface area contributed by atoms with Crippen molar-refractivity contribution in [3.8, 4) is 11.3 Å². The highest BCUT2D eigenvalue weighted by Gasteiger charge is 2.14. The summed E-state index contributed by atoms with van der Waals surface area (Å²) in [6.45, 7) is 0. The molecule has 1 N–H and O–H groups in total. The van der Waals surface area contributed by atoms with Crippen molar-refractivity contribution in [2.45, 2.75) is 0 Å². The van der Waals surface area contributed by atoms with Gasteiger partial charge in [0, 0.05) is 15.4 Å². The lowest BCUT2D eigenvalue weighted by Gasteiger charge is -2.03. The van der Waals surface area contributed by atoms with E-state index in [1.165, 1.54) is 23.5 Å². The number of carbonyl (C=O) groups is 1. The van der Waals surface area contributed by atoms with Crippen molar-refractivity contribution in [2.75, 3.05) is 5.32 Å². The lowest BCUT2D eigenvalue weighted by molar-refractivity contribution is 0.102. The zero-order valence-corrected chi connectivity index (χ0v) is 13.6. The number of carbonyl (C=O) groups excluding carboxylic acids is 1. The smallest absolute Gasteiger partial charge is 0.260 e. The first-order chi connectivity index (χ1) is 10.6. The molecule has 2 aromatic carbocycles. The molecule has 0 saturated carbocycles. The summed E-state index contributed by atoms with van der Waals surface area (Å²) in [5.41, 5.74) is 1.72. The fourth-order valence-corrected chi connectivity index (χ4v) is 2.98. The van der Waals surface area contributed by atoms with Crippen molar-refractivity contribution in [3.05, 3.63) is 69.8 Å². The van der Waals surface area contributed by atoms with Crippen molar-refractivity contribution in [3.63, 3.8) is 0 Å². The van der Waals surface area contributed by atoms with Crippen LogP contribution in [0.2, 0.25) is 0 Å². The lowest BCUT2D eigenvalue weighted by Crippen LogP contribution is -2.13.